The van der Waals surface area contributed by atoms with Gasteiger partial charge in [-0.25, -0.2) is 4.79 Å². The zero-order valence-electron chi connectivity index (χ0n) is 24.8. The van der Waals surface area contributed by atoms with Gasteiger partial charge in [0.05, 0.1) is 18.8 Å². The van der Waals surface area contributed by atoms with Crippen LogP contribution in [-0.4, -0.2) is 63.0 Å². The normalized spacial score (nSPS) is 17.4. The Balaban J connectivity index is 1.31. The minimum Gasteiger partial charge on any atom is -0.448 e. The Labute approximate surface area is 271 Å². The maximum Gasteiger partial charge on any atom is 0.573 e. The molecule has 3 aromatic carbocycles. The van der Waals surface area contributed by atoms with Gasteiger partial charge in [0, 0.05) is 29.6 Å². The average molecular weight is 688 g/mol. The van der Waals surface area contributed by atoms with Crippen LogP contribution in [0, 0.1) is 0 Å². The third-order valence-electron chi connectivity index (χ3n) is 7.22. The van der Waals surface area contributed by atoms with Crippen molar-refractivity contribution in [1.82, 2.24) is 10.6 Å². The number of morpholine rings is 1. The quantitative estimate of drug-likeness (QED) is 0.178. The summed E-state index contributed by atoms with van der Waals surface area (Å²) >= 11 is 6.05. The predicted molar refractivity (Wildman–Crippen MR) is 161 cm³/mol. The second-order valence-corrected chi connectivity index (χ2v) is 11.2. The summed E-state index contributed by atoms with van der Waals surface area (Å²) in [6, 6.07) is 19.1. The second kappa shape index (κ2) is 16.2. The first-order chi connectivity index (χ1) is 22.2. The molecule has 3 atom stereocenters. The van der Waals surface area contributed by atoms with Gasteiger partial charge in [0.1, 0.15) is 18.9 Å². The number of halogens is 7. The Kier molecular flexibility index (Phi) is 12.4. The van der Waals surface area contributed by atoms with E-state index in [-0.39, 0.29) is 43.4 Å². The molecule has 1 heterocycles. The highest BCUT2D eigenvalue weighted by Crippen LogP contribution is 2.32. The Morgan fingerprint density at radius 2 is 1.62 bits per heavy atom. The van der Waals surface area contributed by atoms with Crippen molar-refractivity contribution in [3.63, 3.8) is 0 Å². The fraction of sp³-hybridized carbons (Fsp3) is 0.375. The van der Waals surface area contributed by atoms with Crippen molar-refractivity contribution in [2.45, 2.75) is 49.9 Å². The number of anilines is 1. The molecular formula is C32H32ClF6N3O5. The highest BCUT2D eigenvalue weighted by atomic mass is 35.5. The molecule has 1 saturated heterocycles. The van der Waals surface area contributed by atoms with E-state index in [1.54, 1.807) is 41.7 Å². The molecule has 15 heteroatoms. The van der Waals surface area contributed by atoms with E-state index in [0.717, 1.165) is 11.1 Å². The summed E-state index contributed by atoms with van der Waals surface area (Å²) in [5.41, 5.74) is 2.81. The fourth-order valence-electron chi connectivity index (χ4n) is 4.95. The SMILES string of the molecule is O=C(C[C@@H](c1ccc(Cl)cc1)c1ccc(OC(F)(F)F)cc1)Nc1ccccc1CC[C@@H]1CN[C@H](COC(=O)NCC(F)(F)F)CO1. The van der Waals surface area contributed by atoms with Crippen molar-refractivity contribution < 1.29 is 50.1 Å². The lowest BCUT2D eigenvalue weighted by Crippen LogP contribution is -2.49. The lowest BCUT2D eigenvalue weighted by atomic mass is 9.88. The van der Waals surface area contributed by atoms with Crippen LogP contribution in [0.2, 0.25) is 5.02 Å². The highest BCUT2D eigenvalue weighted by molar-refractivity contribution is 6.30. The number of para-hydroxylation sites is 1. The van der Waals surface area contributed by atoms with Crippen LogP contribution in [0.1, 0.15) is 35.4 Å². The number of amides is 2. The van der Waals surface area contributed by atoms with Crippen LogP contribution in [0.3, 0.4) is 0 Å². The molecule has 1 aliphatic rings. The van der Waals surface area contributed by atoms with Crippen LogP contribution in [0.4, 0.5) is 36.8 Å². The number of hydrogen-bond donors (Lipinski definition) is 3. The number of carbonyl (C=O) groups is 2. The van der Waals surface area contributed by atoms with Gasteiger partial charge in [0.15, 0.2) is 0 Å². The third kappa shape index (κ3) is 12.3. The van der Waals surface area contributed by atoms with E-state index in [0.29, 0.717) is 35.7 Å². The van der Waals surface area contributed by atoms with Gasteiger partial charge in [0.2, 0.25) is 5.91 Å². The molecular weight excluding hydrogens is 656 g/mol. The highest BCUT2D eigenvalue weighted by Gasteiger charge is 2.31. The van der Waals surface area contributed by atoms with Crippen LogP contribution in [0.25, 0.3) is 0 Å². The maximum atomic E-state index is 13.3. The third-order valence-corrected chi connectivity index (χ3v) is 7.47. The molecule has 0 radical (unpaired) electrons. The zero-order valence-corrected chi connectivity index (χ0v) is 25.6. The van der Waals surface area contributed by atoms with E-state index in [1.165, 1.54) is 24.3 Å². The molecule has 0 aliphatic carbocycles. The zero-order chi connectivity index (χ0) is 34.0. The van der Waals surface area contributed by atoms with E-state index >= 15 is 0 Å². The summed E-state index contributed by atoms with van der Waals surface area (Å²) in [5, 5.41) is 8.24. The van der Waals surface area contributed by atoms with Gasteiger partial charge >= 0.3 is 18.6 Å². The summed E-state index contributed by atoms with van der Waals surface area (Å²) in [5.74, 6) is -1.18. The molecule has 1 fully saturated rings. The Morgan fingerprint density at radius 1 is 0.957 bits per heavy atom. The van der Waals surface area contributed by atoms with Gasteiger partial charge in [-0.1, -0.05) is 54.1 Å². The van der Waals surface area contributed by atoms with Gasteiger partial charge in [-0.05, 0) is 59.9 Å². The van der Waals surface area contributed by atoms with E-state index in [1.807, 2.05) is 12.1 Å². The first-order valence-electron chi connectivity index (χ1n) is 14.6. The predicted octanol–water partition coefficient (Wildman–Crippen LogP) is 6.98. The number of ether oxygens (including phenoxy) is 3. The lowest BCUT2D eigenvalue weighted by Gasteiger charge is -2.30. The number of alkyl carbamates (subject to hydrolysis) is 1. The number of nitrogens with one attached hydrogen (secondary N) is 3. The second-order valence-electron chi connectivity index (χ2n) is 10.8. The number of alkyl halides is 6. The molecule has 2 amide bonds. The van der Waals surface area contributed by atoms with Gasteiger partial charge < -0.3 is 30.2 Å². The number of rotatable bonds is 12. The smallest absolute Gasteiger partial charge is 0.448 e. The molecule has 0 aromatic heterocycles. The van der Waals surface area contributed by atoms with Gasteiger partial charge in [-0.15, -0.1) is 13.2 Å². The molecule has 0 spiro atoms. The Morgan fingerprint density at radius 3 is 2.23 bits per heavy atom. The minimum absolute atomic E-state index is 0.0111. The van der Waals surface area contributed by atoms with E-state index < -0.39 is 31.1 Å². The van der Waals surface area contributed by atoms with Crippen LogP contribution in [0.15, 0.2) is 72.8 Å². The lowest BCUT2D eigenvalue weighted by molar-refractivity contribution is -0.274. The topological polar surface area (TPSA) is 97.9 Å². The summed E-state index contributed by atoms with van der Waals surface area (Å²) in [7, 11) is 0. The van der Waals surface area contributed by atoms with E-state index in [9.17, 15) is 35.9 Å². The molecule has 4 rings (SSSR count). The molecule has 47 heavy (non-hydrogen) atoms. The van der Waals surface area contributed by atoms with Crippen molar-refractivity contribution in [1.29, 1.82) is 0 Å². The van der Waals surface area contributed by atoms with Gasteiger partial charge in [0.25, 0.3) is 0 Å². The van der Waals surface area contributed by atoms with Crippen molar-refractivity contribution in [2.75, 3.05) is 31.6 Å². The van der Waals surface area contributed by atoms with Gasteiger partial charge in [-0.3, -0.25) is 4.79 Å². The number of hydrogen-bond acceptors (Lipinski definition) is 6. The number of aryl methyl sites for hydroxylation is 1. The summed E-state index contributed by atoms with van der Waals surface area (Å²) < 4.78 is 89.3. The Bertz CT molecular complexity index is 1460. The average Bonchev–Trinajstić information content (AvgIpc) is 3.01. The summed E-state index contributed by atoms with van der Waals surface area (Å²) in [6.07, 6.45) is -9.61. The molecule has 0 bridgehead atoms. The van der Waals surface area contributed by atoms with E-state index in [4.69, 9.17) is 21.1 Å². The fourth-order valence-corrected chi connectivity index (χ4v) is 5.07. The van der Waals surface area contributed by atoms with Crippen molar-refractivity contribution >= 4 is 29.3 Å². The van der Waals surface area contributed by atoms with Crippen LogP contribution < -0.4 is 20.7 Å². The van der Waals surface area contributed by atoms with Crippen molar-refractivity contribution in [2.24, 2.45) is 0 Å². The summed E-state index contributed by atoms with van der Waals surface area (Å²) in [6.45, 7) is -1.04. The van der Waals surface area contributed by atoms with Crippen molar-refractivity contribution in [3.8, 4) is 5.75 Å². The first kappa shape index (κ1) is 35.8. The molecule has 3 N–H and O–H groups in total. The standard InChI is InChI=1S/C32H32ClF6N3O5/c33-23-10-5-20(6-11-23)27(21-7-12-25(13-8-21)47-32(37,38)39)15-29(43)42-28-4-2-1-3-22(28)9-14-26-16-40-24(17-45-26)18-46-30(44)41-19-31(34,35)36/h1-8,10-13,24,26-27,40H,9,14-19H2,(H,41,44)(H,42,43)/t24-,26+,27-/m0/s1. The summed E-state index contributed by atoms with van der Waals surface area (Å²) in [4.78, 5) is 24.8. The van der Waals surface area contributed by atoms with Crippen molar-refractivity contribution in [3.05, 3.63) is 94.5 Å². The maximum absolute atomic E-state index is 13.3. The van der Waals surface area contributed by atoms with E-state index in [2.05, 4.69) is 15.4 Å². The largest absolute Gasteiger partial charge is 0.573 e. The Hall–Kier alpha value is -4.01. The molecule has 0 saturated carbocycles. The van der Waals surface area contributed by atoms with Gasteiger partial charge in [-0.2, -0.15) is 13.2 Å². The first-order valence-corrected chi connectivity index (χ1v) is 14.9. The molecule has 0 unspecified atom stereocenters. The number of benzene rings is 3. The molecule has 254 valence electrons. The molecule has 1 aliphatic heterocycles. The van der Waals surface area contributed by atoms with Crippen LogP contribution in [-0.2, 0) is 20.7 Å². The minimum atomic E-state index is -4.83. The van der Waals surface area contributed by atoms with Crippen LogP contribution in [0.5, 0.6) is 5.75 Å². The molecule has 3 aromatic rings. The monoisotopic (exact) mass is 687 g/mol. The van der Waals surface area contributed by atoms with Crippen LogP contribution >= 0.6 is 11.6 Å². The molecule has 8 nitrogen and oxygen atoms in total. The number of carbonyl (C=O) groups excluding carboxylic acids is 2.